The molecule has 0 unspecified atom stereocenters. The second-order valence-corrected chi connectivity index (χ2v) is 8.47. The van der Waals surface area contributed by atoms with Crippen LogP contribution in [0.5, 0.6) is 0 Å². The topological polar surface area (TPSA) is 139 Å². The van der Waals surface area contributed by atoms with E-state index in [1.807, 2.05) is 30.3 Å². The lowest BCUT2D eigenvalue weighted by molar-refractivity contribution is -0.166. The number of aryl methyl sites for hydroxylation is 1. The number of hydrogen-bond donors (Lipinski definition) is 4. The van der Waals surface area contributed by atoms with E-state index in [4.69, 9.17) is 0 Å². The van der Waals surface area contributed by atoms with Gasteiger partial charge in [-0.1, -0.05) is 30.3 Å². The molecule has 0 aromatic heterocycles. The maximum Gasteiger partial charge on any atom is 0.246 e. The molecule has 0 bridgehead atoms. The number of hydrogen-bond acceptors (Lipinski definition) is 6. The van der Waals surface area contributed by atoms with Crippen molar-refractivity contribution in [1.82, 2.24) is 20.8 Å². The smallest absolute Gasteiger partial charge is 0.246 e. The van der Waals surface area contributed by atoms with E-state index in [1.54, 1.807) is 0 Å². The third-order valence-corrected chi connectivity index (χ3v) is 5.44. The molecule has 1 aromatic rings. The van der Waals surface area contributed by atoms with Crippen LogP contribution < -0.4 is 10.6 Å². The molecule has 0 aliphatic carbocycles. The van der Waals surface area contributed by atoms with E-state index in [1.165, 1.54) is 6.92 Å². The molecule has 0 fully saturated rings. The fraction of sp³-hybridized carbons (Fsp3) is 0.600. The molecule has 1 rings (SSSR count). The van der Waals surface area contributed by atoms with Crippen LogP contribution >= 0.6 is 0 Å². The molecule has 4 amide bonds. The summed E-state index contributed by atoms with van der Waals surface area (Å²) < 4.78 is 0. The van der Waals surface area contributed by atoms with Gasteiger partial charge in [-0.2, -0.15) is 0 Å². The van der Waals surface area contributed by atoms with Crippen LogP contribution in [-0.2, 0) is 25.6 Å². The van der Waals surface area contributed by atoms with Gasteiger partial charge < -0.3 is 10.6 Å². The van der Waals surface area contributed by atoms with E-state index in [0.717, 1.165) is 24.8 Å². The molecule has 0 heterocycles. The Balaban J connectivity index is 1.98. The van der Waals surface area contributed by atoms with Crippen LogP contribution in [0.4, 0.5) is 0 Å². The van der Waals surface area contributed by atoms with Crippen molar-refractivity contribution in [3.8, 4) is 0 Å². The highest BCUT2D eigenvalue weighted by molar-refractivity contribution is 5.83. The van der Waals surface area contributed by atoms with Crippen molar-refractivity contribution in [2.45, 2.75) is 71.1 Å². The van der Waals surface area contributed by atoms with Gasteiger partial charge in [0.1, 0.15) is 0 Å². The summed E-state index contributed by atoms with van der Waals surface area (Å²) in [7, 11) is 0. The average molecular weight is 493 g/mol. The van der Waals surface area contributed by atoms with Gasteiger partial charge in [0.2, 0.25) is 23.6 Å². The van der Waals surface area contributed by atoms with E-state index >= 15 is 0 Å². The van der Waals surface area contributed by atoms with Gasteiger partial charge in [0, 0.05) is 52.4 Å². The Hall–Kier alpha value is -2.98. The zero-order valence-corrected chi connectivity index (χ0v) is 20.7. The van der Waals surface area contributed by atoms with E-state index in [2.05, 4.69) is 10.6 Å². The molecule has 1 aromatic carbocycles. The van der Waals surface area contributed by atoms with Gasteiger partial charge >= 0.3 is 0 Å². The first-order chi connectivity index (χ1) is 16.8. The standard InChI is InChI=1S/C25H40N4O6/c1-21(30)28(34)19-9-3-7-18-27-24(32)15-16-25(33)29(35)20-10-4-8-17-26-23(31)14-13-22-11-5-2-6-12-22/h2,5-6,11-12,34-35H,3-4,7-10,13-20H2,1H3,(H,26,31)(H,27,32). The van der Waals surface area contributed by atoms with Crippen LogP contribution in [-0.4, -0.2) is 70.3 Å². The van der Waals surface area contributed by atoms with Crippen molar-refractivity contribution in [1.29, 1.82) is 0 Å². The zero-order valence-electron chi connectivity index (χ0n) is 20.7. The van der Waals surface area contributed by atoms with Crippen molar-refractivity contribution < 1.29 is 29.6 Å². The Morgan fingerprint density at radius 1 is 0.714 bits per heavy atom. The molecular weight excluding hydrogens is 452 g/mol. The molecule has 196 valence electrons. The number of rotatable bonds is 18. The summed E-state index contributed by atoms with van der Waals surface area (Å²) in [6.45, 7) is 2.73. The van der Waals surface area contributed by atoms with E-state index < -0.39 is 11.8 Å². The molecule has 0 radical (unpaired) electrons. The van der Waals surface area contributed by atoms with E-state index in [0.29, 0.717) is 55.3 Å². The summed E-state index contributed by atoms with van der Waals surface area (Å²) in [5, 5.41) is 26.0. The monoisotopic (exact) mass is 492 g/mol. The summed E-state index contributed by atoms with van der Waals surface area (Å²) in [6, 6.07) is 9.84. The van der Waals surface area contributed by atoms with Crippen LogP contribution in [0, 0.1) is 0 Å². The molecule has 0 aliphatic rings. The minimum atomic E-state index is -0.498. The minimum Gasteiger partial charge on any atom is -0.356 e. The Bertz CT molecular complexity index is 774. The highest BCUT2D eigenvalue weighted by Gasteiger charge is 2.13. The van der Waals surface area contributed by atoms with Gasteiger partial charge in [0.15, 0.2) is 0 Å². The second-order valence-electron chi connectivity index (χ2n) is 8.47. The number of nitrogens with one attached hydrogen (secondary N) is 2. The average Bonchev–Trinajstić information content (AvgIpc) is 2.85. The minimum absolute atomic E-state index is 0.000337. The first-order valence-electron chi connectivity index (χ1n) is 12.3. The van der Waals surface area contributed by atoms with Crippen molar-refractivity contribution in [2.75, 3.05) is 26.2 Å². The summed E-state index contributed by atoms with van der Waals surface area (Å²) in [5.41, 5.74) is 1.13. The molecule has 4 N–H and O–H groups in total. The number of nitrogens with zero attached hydrogens (tertiary/aromatic N) is 2. The van der Waals surface area contributed by atoms with Crippen molar-refractivity contribution in [3.63, 3.8) is 0 Å². The number of amides is 4. The van der Waals surface area contributed by atoms with Crippen LogP contribution in [0.25, 0.3) is 0 Å². The fourth-order valence-corrected chi connectivity index (χ4v) is 3.29. The van der Waals surface area contributed by atoms with Gasteiger partial charge in [-0.25, -0.2) is 10.1 Å². The van der Waals surface area contributed by atoms with Crippen LogP contribution in [0.1, 0.15) is 70.3 Å². The quantitative estimate of drug-likeness (QED) is 0.141. The first kappa shape index (κ1) is 30.1. The molecule has 0 saturated carbocycles. The molecule has 0 spiro atoms. The van der Waals surface area contributed by atoms with Crippen LogP contribution in [0.3, 0.4) is 0 Å². The molecule has 10 heteroatoms. The van der Waals surface area contributed by atoms with E-state index in [-0.39, 0.29) is 37.7 Å². The molecular formula is C25H40N4O6. The Morgan fingerprint density at radius 3 is 1.83 bits per heavy atom. The lowest BCUT2D eigenvalue weighted by Crippen LogP contribution is -2.31. The highest BCUT2D eigenvalue weighted by atomic mass is 16.5. The maximum atomic E-state index is 12.0. The molecule has 0 atom stereocenters. The van der Waals surface area contributed by atoms with Gasteiger partial charge in [-0.3, -0.25) is 29.6 Å². The third kappa shape index (κ3) is 15.5. The molecule has 35 heavy (non-hydrogen) atoms. The lowest BCUT2D eigenvalue weighted by Gasteiger charge is -2.15. The molecule has 0 saturated heterocycles. The number of benzene rings is 1. The maximum absolute atomic E-state index is 12.0. The number of carbonyl (C=O) groups is 4. The predicted octanol–water partition coefficient (Wildman–Crippen LogP) is 2.43. The fourth-order valence-electron chi connectivity index (χ4n) is 3.29. The number of carbonyl (C=O) groups excluding carboxylic acids is 4. The third-order valence-electron chi connectivity index (χ3n) is 5.44. The SMILES string of the molecule is CC(=O)N(O)CCCCCNC(=O)CCC(=O)N(O)CCCCCNC(=O)CCc1ccccc1. The lowest BCUT2D eigenvalue weighted by atomic mass is 10.1. The summed E-state index contributed by atoms with van der Waals surface area (Å²) in [6.07, 6.45) is 5.26. The van der Waals surface area contributed by atoms with Gasteiger partial charge in [-0.05, 0) is 50.5 Å². The van der Waals surface area contributed by atoms with Gasteiger partial charge in [0.05, 0.1) is 0 Å². The Morgan fingerprint density at radius 2 is 1.26 bits per heavy atom. The number of unbranched alkanes of at least 4 members (excludes halogenated alkanes) is 4. The second kappa shape index (κ2) is 18.4. The van der Waals surface area contributed by atoms with Gasteiger partial charge in [0.25, 0.3) is 0 Å². The molecule has 10 nitrogen and oxygen atoms in total. The summed E-state index contributed by atoms with van der Waals surface area (Å²) in [4.78, 5) is 46.5. The van der Waals surface area contributed by atoms with Crippen molar-refractivity contribution >= 4 is 23.6 Å². The van der Waals surface area contributed by atoms with Gasteiger partial charge in [-0.15, -0.1) is 0 Å². The van der Waals surface area contributed by atoms with Crippen LogP contribution in [0.15, 0.2) is 30.3 Å². The van der Waals surface area contributed by atoms with Crippen molar-refractivity contribution in [2.24, 2.45) is 0 Å². The Labute approximate surface area is 207 Å². The normalized spacial score (nSPS) is 10.5. The summed E-state index contributed by atoms with van der Waals surface area (Å²) in [5.74, 6) is -1.15. The first-order valence-corrected chi connectivity index (χ1v) is 12.3. The summed E-state index contributed by atoms with van der Waals surface area (Å²) >= 11 is 0. The van der Waals surface area contributed by atoms with Crippen molar-refractivity contribution in [3.05, 3.63) is 35.9 Å². The number of hydroxylamine groups is 4. The Kier molecular flexibility index (Phi) is 15.8. The van der Waals surface area contributed by atoms with Crippen LogP contribution in [0.2, 0.25) is 0 Å². The molecule has 0 aliphatic heterocycles. The highest BCUT2D eigenvalue weighted by Crippen LogP contribution is 2.03. The largest absolute Gasteiger partial charge is 0.356 e. The zero-order chi connectivity index (χ0) is 25.9. The predicted molar refractivity (Wildman–Crippen MR) is 130 cm³/mol. The van der Waals surface area contributed by atoms with E-state index in [9.17, 15) is 29.6 Å².